The smallest absolute Gasteiger partial charge is 0.148 e. The van der Waals surface area contributed by atoms with Gasteiger partial charge in [0, 0.05) is 24.5 Å². The molecule has 2 rings (SSSR count). The number of aromatic nitrogens is 4. The van der Waals surface area contributed by atoms with E-state index in [0.29, 0.717) is 19.1 Å². The van der Waals surface area contributed by atoms with Gasteiger partial charge in [0.1, 0.15) is 5.82 Å². The number of hydrogen-bond donors (Lipinski definition) is 2. The van der Waals surface area contributed by atoms with Gasteiger partial charge in [-0.3, -0.25) is 9.36 Å². The molecular weight excluding hydrogens is 242 g/mol. The summed E-state index contributed by atoms with van der Waals surface area (Å²) in [6.07, 6.45) is 4.73. The van der Waals surface area contributed by atoms with Crippen LogP contribution >= 0.6 is 0 Å². The molecule has 2 N–H and O–H groups in total. The highest BCUT2D eigenvalue weighted by atomic mass is 16.3. The van der Waals surface area contributed by atoms with Gasteiger partial charge in [-0.15, -0.1) is 0 Å². The summed E-state index contributed by atoms with van der Waals surface area (Å²) < 4.78 is 3.76. The zero-order valence-corrected chi connectivity index (χ0v) is 11.5. The van der Waals surface area contributed by atoms with E-state index in [9.17, 15) is 0 Å². The molecule has 19 heavy (non-hydrogen) atoms. The number of nitrogens with zero attached hydrogens (tertiary/aromatic N) is 4. The van der Waals surface area contributed by atoms with Gasteiger partial charge in [-0.05, 0) is 19.4 Å². The predicted octanol–water partition coefficient (Wildman–Crippen LogP) is 1.65. The van der Waals surface area contributed by atoms with Gasteiger partial charge in [0.25, 0.3) is 0 Å². The Labute approximate surface area is 113 Å². The van der Waals surface area contributed by atoms with Gasteiger partial charge in [-0.2, -0.15) is 10.2 Å². The van der Waals surface area contributed by atoms with Crippen LogP contribution in [0, 0.1) is 0 Å². The van der Waals surface area contributed by atoms with Crippen molar-refractivity contribution in [1.82, 2.24) is 19.6 Å². The average molecular weight is 263 g/mol. The van der Waals surface area contributed by atoms with Crippen LogP contribution in [0.4, 0.5) is 5.82 Å². The Hall–Kier alpha value is -1.82. The minimum atomic E-state index is 0.0991. The molecule has 0 aliphatic heterocycles. The molecule has 0 unspecified atom stereocenters. The average Bonchev–Trinajstić information content (AvgIpc) is 3.04. The molecule has 0 fully saturated rings. The topological polar surface area (TPSA) is 67.9 Å². The molecule has 2 heterocycles. The summed E-state index contributed by atoms with van der Waals surface area (Å²) in [6, 6.07) is 4.32. The summed E-state index contributed by atoms with van der Waals surface area (Å²) in [5.41, 5.74) is 1.14. The quantitative estimate of drug-likeness (QED) is 0.797. The van der Waals surface area contributed by atoms with Crippen molar-refractivity contribution in [1.29, 1.82) is 0 Å². The number of rotatable bonds is 7. The molecule has 0 aromatic carbocycles. The number of nitrogens with one attached hydrogen (secondary N) is 1. The molecule has 2 aromatic heterocycles. The maximum Gasteiger partial charge on any atom is 0.148 e. The van der Waals surface area contributed by atoms with E-state index >= 15 is 0 Å². The van der Waals surface area contributed by atoms with Crippen molar-refractivity contribution >= 4 is 5.82 Å². The van der Waals surface area contributed by atoms with E-state index in [1.54, 1.807) is 4.68 Å². The monoisotopic (exact) mass is 263 g/mol. The Morgan fingerprint density at radius 2 is 2.26 bits per heavy atom. The maximum atomic E-state index is 8.84. The van der Waals surface area contributed by atoms with Crippen LogP contribution in [0.3, 0.4) is 0 Å². The first-order valence-corrected chi connectivity index (χ1v) is 6.65. The number of aliphatic hydroxyl groups is 1. The number of aliphatic hydroxyl groups excluding tert-OH is 1. The summed E-state index contributed by atoms with van der Waals surface area (Å²) in [6.45, 7) is 5.63. The molecular formula is C13H21N5O. The normalized spacial score (nSPS) is 12.6. The first-order valence-electron chi connectivity index (χ1n) is 6.65. The molecule has 0 radical (unpaired) electrons. The minimum Gasteiger partial charge on any atom is -0.394 e. The van der Waals surface area contributed by atoms with E-state index in [2.05, 4.69) is 29.4 Å². The SMILES string of the molecule is CC[C@H](C)n1nccc1CNc1ccn(CCO)n1. The lowest BCUT2D eigenvalue weighted by Crippen LogP contribution is -2.13. The molecule has 0 saturated heterocycles. The maximum absolute atomic E-state index is 8.84. The molecule has 2 aromatic rings. The Kier molecular flexibility index (Phi) is 4.57. The van der Waals surface area contributed by atoms with E-state index in [0.717, 1.165) is 17.9 Å². The van der Waals surface area contributed by atoms with Gasteiger partial charge in [0.05, 0.1) is 25.4 Å². The van der Waals surface area contributed by atoms with Crippen molar-refractivity contribution in [3.05, 3.63) is 30.2 Å². The van der Waals surface area contributed by atoms with Gasteiger partial charge in [0.2, 0.25) is 0 Å². The minimum absolute atomic E-state index is 0.0991. The second-order valence-corrected chi connectivity index (χ2v) is 4.57. The largest absolute Gasteiger partial charge is 0.394 e. The molecule has 0 aliphatic carbocycles. The van der Waals surface area contributed by atoms with Crippen LogP contribution in [0.2, 0.25) is 0 Å². The molecule has 0 amide bonds. The molecule has 0 spiro atoms. The zero-order valence-electron chi connectivity index (χ0n) is 11.5. The standard InChI is InChI=1S/C13H21N5O/c1-3-11(2)18-12(4-6-15-18)10-14-13-5-7-17(16-13)8-9-19/h4-7,11,19H,3,8-10H2,1-2H3,(H,14,16)/t11-/m0/s1. The molecule has 6 heteroatoms. The third kappa shape index (κ3) is 3.35. The van der Waals surface area contributed by atoms with Crippen LogP contribution in [-0.2, 0) is 13.1 Å². The lowest BCUT2D eigenvalue weighted by atomic mass is 10.2. The summed E-state index contributed by atoms with van der Waals surface area (Å²) in [4.78, 5) is 0. The first kappa shape index (κ1) is 13.6. The third-order valence-corrected chi connectivity index (χ3v) is 3.18. The van der Waals surface area contributed by atoms with Crippen LogP contribution in [0.15, 0.2) is 24.5 Å². The van der Waals surface area contributed by atoms with E-state index in [1.807, 2.05) is 29.2 Å². The van der Waals surface area contributed by atoms with Gasteiger partial charge < -0.3 is 10.4 Å². The van der Waals surface area contributed by atoms with Crippen molar-refractivity contribution in [2.75, 3.05) is 11.9 Å². The number of hydrogen-bond acceptors (Lipinski definition) is 4. The van der Waals surface area contributed by atoms with Crippen LogP contribution in [0.25, 0.3) is 0 Å². The van der Waals surface area contributed by atoms with Gasteiger partial charge >= 0.3 is 0 Å². The lowest BCUT2D eigenvalue weighted by Gasteiger charge is -2.13. The van der Waals surface area contributed by atoms with Crippen molar-refractivity contribution in [2.24, 2.45) is 0 Å². The Morgan fingerprint density at radius 3 is 3.00 bits per heavy atom. The molecule has 0 aliphatic rings. The van der Waals surface area contributed by atoms with E-state index in [1.165, 1.54) is 0 Å². The van der Waals surface area contributed by atoms with Crippen molar-refractivity contribution in [2.45, 2.75) is 39.4 Å². The van der Waals surface area contributed by atoms with Gasteiger partial charge in [-0.25, -0.2) is 0 Å². The molecule has 1 atom stereocenters. The summed E-state index contributed by atoms with van der Waals surface area (Å²) in [5.74, 6) is 0.811. The fourth-order valence-corrected chi connectivity index (χ4v) is 1.92. The summed E-state index contributed by atoms with van der Waals surface area (Å²) in [7, 11) is 0. The first-order chi connectivity index (χ1) is 9.24. The fourth-order valence-electron chi connectivity index (χ4n) is 1.92. The molecule has 6 nitrogen and oxygen atoms in total. The van der Waals surface area contributed by atoms with E-state index < -0.39 is 0 Å². The summed E-state index contributed by atoms with van der Waals surface area (Å²) >= 11 is 0. The van der Waals surface area contributed by atoms with Crippen LogP contribution in [-0.4, -0.2) is 31.3 Å². The lowest BCUT2D eigenvalue weighted by molar-refractivity contribution is 0.269. The van der Waals surface area contributed by atoms with Crippen molar-refractivity contribution in [3.63, 3.8) is 0 Å². The van der Waals surface area contributed by atoms with Crippen LogP contribution in [0.1, 0.15) is 32.0 Å². The Balaban J connectivity index is 1.96. The number of anilines is 1. The van der Waals surface area contributed by atoms with Crippen LogP contribution in [0.5, 0.6) is 0 Å². The highest BCUT2D eigenvalue weighted by Gasteiger charge is 2.08. The Bertz CT molecular complexity index is 505. The van der Waals surface area contributed by atoms with Gasteiger partial charge in [0.15, 0.2) is 0 Å². The van der Waals surface area contributed by atoms with Crippen molar-refractivity contribution in [3.8, 4) is 0 Å². The van der Waals surface area contributed by atoms with E-state index in [4.69, 9.17) is 5.11 Å². The second kappa shape index (κ2) is 6.38. The van der Waals surface area contributed by atoms with E-state index in [-0.39, 0.29) is 6.61 Å². The van der Waals surface area contributed by atoms with Crippen LogP contribution < -0.4 is 5.32 Å². The van der Waals surface area contributed by atoms with Crippen molar-refractivity contribution < 1.29 is 5.11 Å². The highest BCUT2D eigenvalue weighted by molar-refractivity contribution is 5.32. The fraction of sp³-hybridized carbons (Fsp3) is 0.538. The molecule has 0 bridgehead atoms. The highest BCUT2D eigenvalue weighted by Crippen LogP contribution is 2.13. The third-order valence-electron chi connectivity index (χ3n) is 3.18. The molecule has 0 saturated carbocycles. The zero-order chi connectivity index (χ0) is 13.7. The molecule has 104 valence electrons. The van der Waals surface area contributed by atoms with Gasteiger partial charge in [-0.1, -0.05) is 6.92 Å². The Morgan fingerprint density at radius 1 is 1.42 bits per heavy atom. The second-order valence-electron chi connectivity index (χ2n) is 4.57. The summed E-state index contributed by atoms with van der Waals surface area (Å²) in [5, 5.41) is 20.8. The predicted molar refractivity (Wildman–Crippen MR) is 73.9 cm³/mol.